The molecule has 1 N–H and O–H groups in total. The molecule has 8 nitrogen and oxygen atoms in total. The Morgan fingerprint density at radius 1 is 1.09 bits per heavy atom. The maximum absolute atomic E-state index is 13.2. The Hall–Kier alpha value is -3.94. The largest absolute Gasteiger partial charge is 0.507 e. The fraction of sp³-hybridized carbons (Fsp3) is 0.333. The van der Waals surface area contributed by atoms with E-state index >= 15 is 0 Å². The van der Waals surface area contributed by atoms with E-state index < -0.39 is 17.7 Å². The molecule has 0 bridgehead atoms. The van der Waals surface area contributed by atoms with Crippen molar-refractivity contribution in [3.05, 3.63) is 84.2 Å². The summed E-state index contributed by atoms with van der Waals surface area (Å²) in [6.45, 7) is 5.84. The number of hydrogen-bond donors (Lipinski definition) is 1. The quantitative estimate of drug-likeness (QED) is 0.269. The van der Waals surface area contributed by atoms with Gasteiger partial charge in [-0.2, -0.15) is 0 Å². The summed E-state index contributed by atoms with van der Waals surface area (Å²) in [5.74, 6) is -0.350. The summed E-state index contributed by atoms with van der Waals surface area (Å²) < 4.78 is 7.85. The first-order valence-corrected chi connectivity index (χ1v) is 11.8. The number of benzene rings is 1. The van der Waals surface area contributed by atoms with Gasteiger partial charge in [0.15, 0.2) is 0 Å². The van der Waals surface area contributed by atoms with E-state index in [1.807, 2.05) is 35.0 Å². The van der Waals surface area contributed by atoms with Crippen LogP contribution in [0.1, 0.15) is 43.9 Å². The number of pyridine rings is 1. The number of Topliss-reactive ketones (excluding diaryl/α,β-unsaturated/α-hetero) is 1. The number of aromatic nitrogens is 3. The average Bonchev–Trinajstić information content (AvgIpc) is 3.46. The summed E-state index contributed by atoms with van der Waals surface area (Å²) in [5.41, 5.74) is 1.22. The van der Waals surface area contributed by atoms with Crippen LogP contribution in [0, 0.1) is 5.92 Å². The van der Waals surface area contributed by atoms with Crippen molar-refractivity contribution in [2.24, 2.45) is 5.92 Å². The molecule has 1 atom stereocenters. The lowest BCUT2D eigenvalue weighted by atomic mass is 9.95. The lowest BCUT2D eigenvalue weighted by Gasteiger charge is -2.26. The van der Waals surface area contributed by atoms with Crippen molar-refractivity contribution in [3.8, 4) is 5.75 Å². The molecule has 1 aromatic carbocycles. The normalized spacial score (nSPS) is 17.3. The van der Waals surface area contributed by atoms with Crippen molar-refractivity contribution < 1.29 is 19.4 Å². The third-order valence-corrected chi connectivity index (χ3v) is 6.01. The predicted molar refractivity (Wildman–Crippen MR) is 131 cm³/mol. The Morgan fingerprint density at radius 2 is 1.89 bits per heavy atom. The molecular formula is C27H30N4O4. The molecule has 0 saturated carbocycles. The van der Waals surface area contributed by atoms with Gasteiger partial charge in [-0.25, -0.2) is 4.98 Å². The molecule has 182 valence electrons. The van der Waals surface area contributed by atoms with Gasteiger partial charge in [0.2, 0.25) is 0 Å². The van der Waals surface area contributed by atoms with Crippen LogP contribution in [0.3, 0.4) is 0 Å². The molecule has 1 aliphatic heterocycles. The maximum Gasteiger partial charge on any atom is 0.295 e. The first-order chi connectivity index (χ1) is 17.0. The highest BCUT2D eigenvalue weighted by Gasteiger charge is 2.45. The number of likely N-dealkylation sites (tertiary alicyclic amines) is 1. The second kappa shape index (κ2) is 11.0. The highest BCUT2D eigenvalue weighted by atomic mass is 16.5. The van der Waals surface area contributed by atoms with Crippen molar-refractivity contribution in [2.45, 2.75) is 39.3 Å². The minimum Gasteiger partial charge on any atom is -0.507 e. The number of nitrogens with zero attached hydrogens (tertiary/aromatic N) is 4. The Kier molecular flexibility index (Phi) is 7.60. The summed E-state index contributed by atoms with van der Waals surface area (Å²) in [5, 5.41) is 11.1. The minimum atomic E-state index is -0.723. The van der Waals surface area contributed by atoms with Gasteiger partial charge in [-0.1, -0.05) is 26.0 Å². The van der Waals surface area contributed by atoms with Crippen LogP contribution < -0.4 is 4.74 Å². The zero-order valence-electron chi connectivity index (χ0n) is 20.0. The summed E-state index contributed by atoms with van der Waals surface area (Å²) in [7, 11) is 0. The van der Waals surface area contributed by atoms with Crippen LogP contribution >= 0.6 is 0 Å². The lowest BCUT2D eigenvalue weighted by Crippen LogP contribution is -2.31. The summed E-state index contributed by atoms with van der Waals surface area (Å²) in [6, 6.07) is 9.92. The molecule has 4 rings (SSSR count). The third kappa shape index (κ3) is 5.59. The highest BCUT2D eigenvalue weighted by Crippen LogP contribution is 2.40. The van der Waals surface area contributed by atoms with Crippen LogP contribution in [-0.2, 0) is 16.1 Å². The lowest BCUT2D eigenvalue weighted by molar-refractivity contribution is -0.139. The number of rotatable bonds is 10. The highest BCUT2D eigenvalue weighted by molar-refractivity contribution is 6.46. The second-order valence-corrected chi connectivity index (χ2v) is 8.99. The molecule has 2 aromatic heterocycles. The van der Waals surface area contributed by atoms with Gasteiger partial charge in [0.25, 0.3) is 11.7 Å². The van der Waals surface area contributed by atoms with Crippen LogP contribution in [0.2, 0.25) is 0 Å². The topological polar surface area (TPSA) is 97.5 Å². The Balaban J connectivity index is 1.68. The van der Waals surface area contributed by atoms with Gasteiger partial charge in [0.05, 0.1) is 24.5 Å². The van der Waals surface area contributed by atoms with Crippen molar-refractivity contribution in [3.63, 3.8) is 0 Å². The van der Waals surface area contributed by atoms with Crippen molar-refractivity contribution in [1.29, 1.82) is 0 Å². The maximum atomic E-state index is 13.2. The van der Waals surface area contributed by atoms with Gasteiger partial charge in [-0.05, 0) is 48.6 Å². The molecule has 1 fully saturated rings. The Morgan fingerprint density at radius 3 is 2.60 bits per heavy atom. The van der Waals surface area contributed by atoms with E-state index in [0.717, 1.165) is 6.42 Å². The summed E-state index contributed by atoms with van der Waals surface area (Å²) in [4.78, 5) is 35.9. The number of amides is 1. The van der Waals surface area contributed by atoms with Gasteiger partial charge in [0, 0.05) is 43.4 Å². The number of ether oxygens (including phenoxy) is 1. The molecule has 0 aliphatic carbocycles. The van der Waals surface area contributed by atoms with E-state index in [1.54, 1.807) is 29.6 Å². The smallest absolute Gasteiger partial charge is 0.295 e. The molecule has 1 saturated heterocycles. The van der Waals surface area contributed by atoms with E-state index in [4.69, 9.17) is 4.74 Å². The molecule has 35 heavy (non-hydrogen) atoms. The number of aliphatic hydroxyl groups is 1. The van der Waals surface area contributed by atoms with Gasteiger partial charge in [0.1, 0.15) is 11.5 Å². The van der Waals surface area contributed by atoms with Crippen LogP contribution in [0.4, 0.5) is 0 Å². The monoisotopic (exact) mass is 474 g/mol. The van der Waals surface area contributed by atoms with E-state index in [1.165, 1.54) is 12.4 Å². The van der Waals surface area contributed by atoms with Gasteiger partial charge >= 0.3 is 0 Å². The van der Waals surface area contributed by atoms with Gasteiger partial charge in [-0.3, -0.25) is 14.6 Å². The number of hydrogen-bond acceptors (Lipinski definition) is 6. The summed E-state index contributed by atoms with van der Waals surface area (Å²) >= 11 is 0. The van der Waals surface area contributed by atoms with E-state index in [2.05, 4.69) is 23.8 Å². The van der Waals surface area contributed by atoms with Crippen molar-refractivity contribution in [2.75, 3.05) is 13.2 Å². The molecule has 1 unspecified atom stereocenters. The predicted octanol–water partition coefficient (Wildman–Crippen LogP) is 4.22. The molecule has 8 heteroatoms. The zero-order chi connectivity index (χ0) is 24.8. The first kappa shape index (κ1) is 24.2. The van der Waals surface area contributed by atoms with Crippen LogP contribution in [0.5, 0.6) is 5.75 Å². The van der Waals surface area contributed by atoms with E-state index in [0.29, 0.717) is 48.9 Å². The number of carbonyl (C=O) groups excluding carboxylic acids is 2. The third-order valence-electron chi connectivity index (χ3n) is 6.01. The van der Waals surface area contributed by atoms with E-state index in [9.17, 15) is 14.7 Å². The van der Waals surface area contributed by atoms with E-state index in [-0.39, 0.29) is 11.3 Å². The van der Waals surface area contributed by atoms with Gasteiger partial charge in [-0.15, -0.1) is 0 Å². The van der Waals surface area contributed by atoms with Crippen molar-refractivity contribution >= 4 is 17.4 Å². The standard InChI is InChI=1S/C27H30N4O4/c1-19(2)9-16-35-22-6-3-5-21(17-22)24-23(25(32)20-7-10-28-11-8-20)26(33)27(34)31(24)14-4-13-30-15-12-29-18-30/h3,5-8,10-12,15,17-19,24,32H,4,9,13-14,16H2,1-2H3. The molecule has 1 aliphatic rings. The summed E-state index contributed by atoms with van der Waals surface area (Å²) in [6.07, 6.45) is 9.88. The van der Waals surface area contributed by atoms with Crippen LogP contribution in [0.25, 0.3) is 5.76 Å². The Labute approximate surface area is 204 Å². The molecule has 0 spiro atoms. The number of ketones is 1. The molecule has 3 aromatic rings. The molecule has 0 radical (unpaired) electrons. The Bertz CT molecular complexity index is 1190. The van der Waals surface area contributed by atoms with Crippen LogP contribution in [0.15, 0.2) is 73.1 Å². The number of imidazole rings is 1. The molecular weight excluding hydrogens is 444 g/mol. The molecule has 3 heterocycles. The fourth-order valence-electron chi connectivity index (χ4n) is 4.15. The number of aliphatic hydroxyl groups excluding tert-OH is 1. The number of carbonyl (C=O) groups is 2. The number of aryl methyl sites for hydroxylation is 1. The SMILES string of the molecule is CC(C)CCOc1cccc(C2C(=C(O)c3ccncc3)C(=O)C(=O)N2CCCn2ccnc2)c1. The van der Waals surface area contributed by atoms with Crippen LogP contribution in [-0.4, -0.2) is 49.4 Å². The minimum absolute atomic E-state index is 0.0724. The van der Waals surface area contributed by atoms with Crippen molar-refractivity contribution in [1.82, 2.24) is 19.4 Å². The fourth-order valence-corrected chi connectivity index (χ4v) is 4.15. The molecule has 1 amide bonds. The van der Waals surface area contributed by atoms with Gasteiger partial charge < -0.3 is 19.3 Å². The first-order valence-electron chi connectivity index (χ1n) is 11.8. The zero-order valence-corrected chi connectivity index (χ0v) is 20.0. The average molecular weight is 475 g/mol. The second-order valence-electron chi connectivity index (χ2n) is 8.99.